The van der Waals surface area contributed by atoms with Crippen LogP contribution in [-0.2, 0) is 6.42 Å². The van der Waals surface area contributed by atoms with Gasteiger partial charge >= 0.3 is 0 Å². The van der Waals surface area contributed by atoms with Crippen molar-refractivity contribution in [1.29, 1.82) is 0 Å². The first-order valence-electron chi connectivity index (χ1n) is 11.1. The summed E-state index contributed by atoms with van der Waals surface area (Å²) < 4.78 is 11.3. The fourth-order valence-electron chi connectivity index (χ4n) is 3.69. The van der Waals surface area contributed by atoms with E-state index >= 15 is 0 Å². The minimum Gasteiger partial charge on any atom is -0.494 e. The van der Waals surface area contributed by atoms with Gasteiger partial charge in [0.25, 0.3) is 0 Å². The Bertz CT molecular complexity index is 957. The van der Waals surface area contributed by atoms with Crippen molar-refractivity contribution in [3.63, 3.8) is 0 Å². The molecule has 0 aliphatic carbocycles. The Morgan fingerprint density at radius 1 is 0.581 bits per heavy atom. The van der Waals surface area contributed by atoms with Crippen molar-refractivity contribution in [1.82, 2.24) is 0 Å². The molecule has 3 aromatic carbocycles. The molecule has 0 saturated carbocycles. The van der Waals surface area contributed by atoms with Gasteiger partial charge in [0.05, 0.1) is 12.9 Å². The summed E-state index contributed by atoms with van der Waals surface area (Å²) >= 11 is 0. The molecule has 0 aliphatic rings. The van der Waals surface area contributed by atoms with Crippen LogP contribution in [0.4, 0.5) is 17.1 Å². The van der Waals surface area contributed by atoms with Gasteiger partial charge in [0, 0.05) is 23.5 Å². The van der Waals surface area contributed by atoms with Gasteiger partial charge in [0.2, 0.25) is 0 Å². The number of rotatable bonds is 11. The number of hydrogen-bond donors (Lipinski definition) is 0. The van der Waals surface area contributed by atoms with Crippen LogP contribution in [0.1, 0.15) is 31.4 Å². The van der Waals surface area contributed by atoms with E-state index in [0.717, 1.165) is 54.4 Å². The normalized spacial score (nSPS) is 10.7. The van der Waals surface area contributed by atoms with Crippen LogP contribution in [0.15, 0.2) is 108 Å². The molecule has 158 valence electrons. The van der Waals surface area contributed by atoms with Crippen LogP contribution in [0, 0.1) is 0 Å². The van der Waals surface area contributed by atoms with Crippen molar-refractivity contribution < 1.29 is 9.15 Å². The molecule has 1 aromatic heterocycles. The van der Waals surface area contributed by atoms with Crippen molar-refractivity contribution >= 4 is 17.1 Å². The van der Waals surface area contributed by atoms with Crippen molar-refractivity contribution in [3.05, 3.63) is 109 Å². The zero-order valence-electron chi connectivity index (χ0n) is 17.8. The summed E-state index contributed by atoms with van der Waals surface area (Å²) in [5.74, 6) is 2.00. The molecular formula is C28H29NO2. The van der Waals surface area contributed by atoms with Crippen molar-refractivity contribution in [2.75, 3.05) is 11.5 Å². The highest BCUT2D eigenvalue weighted by Crippen LogP contribution is 2.34. The number of ether oxygens (including phenoxy) is 1. The van der Waals surface area contributed by atoms with Crippen molar-refractivity contribution in [2.24, 2.45) is 0 Å². The Morgan fingerprint density at radius 3 is 1.81 bits per heavy atom. The largest absolute Gasteiger partial charge is 0.494 e. The molecule has 0 bridgehead atoms. The predicted molar refractivity (Wildman–Crippen MR) is 128 cm³/mol. The maximum absolute atomic E-state index is 5.97. The van der Waals surface area contributed by atoms with Gasteiger partial charge in [-0.1, -0.05) is 49.2 Å². The summed E-state index contributed by atoms with van der Waals surface area (Å²) in [5.41, 5.74) is 3.39. The molecule has 0 radical (unpaired) electrons. The zero-order chi connectivity index (χ0) is 21.1. The third kappa shape index (κ3) is 6.02. The maximum atomic E-state index is 5.97. The Hall–Kier alpha value is -3.46. The molecular weight excluding hydrogens is 382 g/mol. The Kier molecular flexibility index (Phi) is 7.43. The molecule has 0 atom stereocenters. The molecule has 0 amide bonds. The first-order chi connectivity index (χ1) is 15.4. The van der Waals surface area contributed by atoms with Gasteiger partial charge in [0.15, 0.2) is 0 Å². The molecule has 31 heavy (non-hydrogen) atoms. The highest BCUT2D eigenvalue weighted by Gasteiger charge is 2.11. The van der Waals surface area contributed by atoms with E-state index < -0.39 is 0 Å². The summed E-state index contributed by atoms with van der Waals surface area (Å²) in [4.78, 5) is 2.25. The zero-order valence-corrected chi connectivity index (χ0v) is 17.8. The molecule has 0 fully saturated rings. The lowest BCUT2D eigenvalue weighted by Crippen LogP contribution is -2.09. The summed E-state index contributed by atoms with van der Waals surface area (Å²) in [5, 5.41) is 0. The molecule has 4 aromatic rings. The van der Waals surface area contributed by atoms with E-state index in [-0.39, 0.29) is 0 Å². The SMILES string of the molecule is c1ccc(N(c2ccccc2)c2ccc(OCCCCCCc3ccco3)cc2)cc1. The number of benzene rings is 3. The number of hydrogen-bond acceptors (Lipinski definition) is 3. The van der Waals surface area contributed by atoms with E-state index in [2.05, 4.69) is 77.7 Å². The van der Waals surface area contributed by atoms with Gasteiger partial charge in [-0.3, -0.25) is 0 Å². The van der Waals surface area contributed by atoms with Gasteiger partial charge in [0.1, 0.15) is 11.5 Å². The van der Waals surface area contributed by atoms with Gasteiger partial charge in [-0.2, -0.15) is 0 Å². The fourth-order valence-corrected chi connectivity index (χ4v) is 3.69. The summed E-state index contributed by atoms with van der Waals surface area (Å²) in [6.07, 6.45) is 7.37. The predicted octanol–water partition coefficient (Wildman–Crippen LogP) is 7.93. The second-order valence-electron chi connectivity index (χ2n) is 7.59. The second kappa shape index (κ2) is 11.1. The molecule has 1 heterocycles. The van der Waals surface area contributed by atoms with Gasteiger partial charge in [-0.05, 0) is 73.5 Å². The first-order valence-corrected chi connectivity index (χ1v) is 11.1. The van der Waals surface area contributed by atoms with Crippen molar-refractivity contribution in [3.8, 4) is 5.75 Å². The minimum absolute atomic E-state index is 0.751. The highest BCUT2D eigenvalue weighted by atomic mass is 16.5. The van der Waals surface area contributed by atoms with E-state index in [1.165, 1.54) is 12.8 Å². The van der Waals surface area contributed by atoms with Crippen LogP contribution < -0.4 is 9.64 Å². The minimum atomic E-state index is 0.751. The maximum Gasteiger partial charge on any atom is 0.119 e. The highest BCUT2D eigenvalue weighted by molar-refractivity contribution is 5.76. The molecule has 3 nitrogen and oxygen atoms in total. The molecule has 0 N–H and O–H groups in total. The molecule has 0 aliphatic heterocycles. The van der Waals surface area contributed by atoms with Crippen LogP contribution in [0.3, 0.4) is 0 Å². The van der Waals surface area contributed by atoms with E-state index in [4.69, 9.17) is 9.15 Å². The summed E-state index contributed by atoms with van der Waals surface area (Å²) in [7, 11) is 0. The summed E-state index contributed by atoms with van der Waals surface area (Å²) in [6, 6.07) is 33.2. The lowest BCUT2D eigenvalue weighted by Gasteiger charge is -2.25. The van der Waals surface area contributed by atoms with Crippen LogP contribution in [0.25, 0.3) is 0 Å². The Morgan fingerprint density at radius 2 is 1.19 bits per heavy atom. The number of para-hydroxylation sites is 2. The third-order valence-corrected chi connectivity index (χ3v) is 5.29. The van der Waals surface area contributed by atoms with E-state index in [1.54, 1.807) is 6.26 Å². The van der Waals surface area contributed by atoms with Gasteiger partial charge in [-0.25, -0.2) is 0 Å². The monoisotopic (exact) mass is 411 g/mol. The Labute approximate surface area is 184 Å². The molecule has 3 heteroatoms. The lowest BCUT2D eigenvalue weighted by molar-refractivity contribution is 0.304. The van der Waals surface area contributed by atoms with E-state index in [0.29, 0.717) is 0 Å². The molecule has 0 spiro atoms. The number of unbranched alkanes of at least 4 members (excludes halogenated alkanes) is 3. The number of anilines is 3. The quantitative estimate of drug-likeness (QED) is 0.234. The number of aryl methyl sites for hydroxylation is 1. The van der Waals surface area contributed by atoms with Crippen molar-refractivity contribution in [2.45, 2.75) is 32.1 Å². The van der Waals surface area contributed by atoms with E-state index in [1.807, 2.05) is 24.3 Å². The van der Waals surface area contributed by atoms with Crippen LogP contribution in [-0.4, -0.2) is 6.61 Å². The van der Waals surface area contributed by atoms with Crippen LogP contribution in [0.5, 0.6) is 5.75 Å². The van der Waals surface area contributed by atoms with E-state index in [9.17, 15) is 0 Å². The fraction of sp³-hybridized carbons (Fsp3) is 0.214. The van der Waals surface area contributed by atoms with Crippen LogP contribution in [0.2, 0.25) is 0 Å². The lowest BCUT2D eigenvalue weighted by atomic mass is 10.1. The van der Waals surface area contributed by atoms with Gasteiger partial charge < -0.3 is 14.1 Å². The molecule has 0 saturated heterocycles. The topological polar surface area (TPSA) is 25.6 Å². The second-order valence-corrected chi connectivity index (χ2v) is 7.59. The summed E-state index contributed by atoms with van der Waals surface area (Å²) in [6.45, 7) is 0.751. The average molecular weight is 412 g/mol. The first kappa shape index (κ1) is 20.8. The average Bonchev–Trinajstić information content (AvgIpc) is 3.35. The molecule has 0 unspecified atom stereocenters. The standard InChI is InChI=1S/C28H29NO2/c1(9-16-27-17-11-23-31-27)2-10-22-30-28-20-18-26(19-21-28)29(24-12-5-3-6-13-24)25-14-7-4-8-15-25/h3-8,11-15,17-21,23H,1-2,9-10,16,22H2. The molecule has 4 rings (SSSR count). The third-order valence-electron chi connectivity index (χ3n) is 5.29. The van der Waals surface area contributed by atoms with Crippen LogP contribution >= 0.6 is 0 Å². The number of nitrogens with zero attached hydrogens (tertiary/aromatic N) is 1. The smallest absolute Gasteiger partial charge is 0.119 e. The van der Waals surface area contributed by atoms with Gasteiger partial charge in [-0.15, -0.1) is 0 Å². The Balaban J connectivity index is 1.29. The number of furan rings is 1.